The Morgan fingerprint density at radius 1 is 1.44 bits per heavy atom. The summed E-state index contributed by atoms with van der Waals surface area (Å²) in [5, 5.41) is 0. The van der Waals surface area contributed by atoms with Crippen molar-refractivity contribution in [3.8, 4) is 0 Å². The lowest BCUT2D eigenvalue weighted by Crippen LogP contribution is -2.13. The molecule has 16 heavy (non-hydrogen) atoms. The van der Waals surface area contributed by atoms with Crippen molar-refractivity contribution in [3.05, 3.63) is 33.9 Å². The van der Waals surface area contributed by atoms with Crippen molar-refractivity contribution in [1.29, 1.82) is 0 Å². The number of hydrogen-bond acceptors (Lipinski definition) is 3. The molecule has 0 saturated carbocycles. The molecule has 0 amide bonds. The molecule has 2 aromatic heterocycles. The van der Waals surface area contributed by atoms with Crippen LogP contribution in [0.4, 0.5) is 0 Å². The molecule has 0 aliphatic heterocycles. The van der Waals surface area contributed by atoms with E-state index in [0.29, 0.717) is 18.0 Å². The first-order valence-corrected chi connectivity index (χ1v) is 5.50. The molecular weight excluding hydrogens is 202 g/mol. The second-order valence-electron chi connectivity index (χ2n) is 4.16. The maximum Gasteiger partial charge on any atom is 0.252 e. The Balaban J connectivity index is 2.67. The van der Waals surface area contributed by atoms with E-state index in [0.717, 1.165) is 16.8 Å². The highest BCUT2D eigenvalue weighted by atomic mass is 16.1. The number of fused-ring (bicyclic) bond motifs is 1. The fourth-order valence-corrected chi connectivity index (χ4v) is 1.57. The first-order valence-electron chi connectivity index (χ1n) is 5.50. The molecule has 0 aliphatic carbocycles. The number of hydrogen-bond donors (Lipinski definition) is 1. The van der Waals surface area contributed by atoms with Gasteiger partial charge in [-0.25, -0.2) is 4.98 Å². The summed E-state index contributed by atoms with van der Waals surface area (Å²) in [7, 11) is 0. The lowest BCUT2D eigenvalue weighted by atomic mass is 10.1. The SMILES string of the molecule is CCc1cc2ncc(C(C)C)nc2[nH]c1=O. The van der Waals surface area contributed by atoms with Gasteiger partial charge in [0.15, 0.2) is 5.65 Å². The van der Waals surface area contributed by atoms with E-state index in [1.54, 1.807) is 6.20 Å². The standard InChI is InChI=1S/C12H15N3O/c1-4-8-5-9-11(15-12(8)16)14-10(6-13-9)7(2)3/h5-7H,4H2,1-3H3,(H,14,15,16). The van der Waals surface area contributed by atoms with Gasteiger partial charge in [-0.2, -0.15) is 0 Å². The van der Waals surface area contributed by atoms with Gasteiger partial charge in [-0.3, -0.25) is 9.78 Å². The molecule has 4 nitrogen and oxygen atoms in total. The minimum atomic E-state index is -0.0646. The molecule has 0 fully saturated rings. The normalized spacial score (nSPS) is 11.2. The zero-order valence-electron chi connectivity index (χ0n) is 9.74. The van der Waals surface area contributed by atoms with E-state index in [9.17, 15) is 4.79 Å². The third-order valence-electron chi connectivity index (χ3n) is 2.63. The lowest BCUT2D eigenvalue weighted by Gasteiger charge is -2.05. The summed E-state index contributed by atoms with van der Waals surface area (Å²) >= 11 is 0. The quantitative estimate of drug-likeness (QED) is 0.837. The number of aromatic amines is 1. The molecule has 84 valence electrons. The Bertz CT molecular complexity index is 572. The van der Waals surface area contributed by atoms with Crippen LogP contribution in [0.1, 0.15) is 37.9 Å². The van der Waals surface area contributed by atoms with Crippen molar-refractivity contribution in [1.82, 2.24) is 15.0 Å². The van der Waals surface area contributed by atoms with Gasteiger partial charge in [0.05, 0.1) is 5.69 Å². The summed E-state index contributed by atoms with van der Waals surface area (Å²) in [5.74, 6) is 0.311. The highest BCUT2D eigenvalue weighted by molar-refractivity contribution is 5.69. The molecule has 0 aliphatic rings. The summed E-state index contributed by atoms with van der Waals surface area (Å²) < 4.78 is 0. The topological polar surface area (TPSA) is 58.6 Å². The van der Waals surface area contributed by atoms with E-state index in [1.807, 2.05) is 26.8 Å². The van der Waals surface area contributed by atoms with Crippen molar-refractivity contribution < 1.29 is 0 Å². The van der Waals surface area contributed by atoms with Crippen LogP contribution in [-0.2, 0) is 6.42 Å². The number of nitrogens with one attached hydrogen (secondary N) is 1. The largest absolute Gasteiger partial charge is 0.305 e. The molecule has 0 saturated heterocycles. The molecule has 2 heterocycles. The van der Waals surface area contributed by atoms with Gasteiger partial charge in [0.2, 0.25) is 0 Å². The van der Waals surface area contributed by atoms with Crippen LogP contribution in [0.2, 0.25) is 0 Å². The Morgan fingerprint density at radius 2 is 2.19 bits per heavy atom. The summed E-state index contributed by atoms with van der Waals surface area (Å²) in [5.41, 5.74) is 2.91. The highest BCUT2D eigenvalue weighted by Crippen LogP contribution is 2.13. The minimum Gasteiger partial charge on any atom is -0.305 e. The smallest absolute Gasteiger partial charge is 0.252 e. The number of H-pyrrole nitrogens is 1. The second kappa shape index (κ2) is 4.04. The van der Waals surface area contributed by atoms with Crippen LogP contribution < -0.4 is 5.56 Å². The molecule has 2 rings (SSSR count). The molecule has 0 aromatic carbocycles. The van der Waals surface area contributed by atoms with Gasteiger partial charge in [0.25, 0.3) is 5.56 Å². The van der Waals surface area contributed by atoms with Gasteiger partial charge in [0.1, 0.15) is 5.52 Å². The van der Waals surface area contributed by atoms with Crippen molar-refractivity contribution in [3.63, 3.8) is 0 Å². The first kappa shape index (κ1) is 10.8. The van der Waals surface area contributed by atoms with Gasteiger partial charge in [-0.05, 0) is 18.4 Å². The molecule has 2 aromatic rings. The van der Waals surface area contributed by atoms with Crippen molar-refractivity contribution >= 4 is 11.2 Å². The van der Waals surface area contributed by atoms with Crippen LogP contribution in [0.3, 0.4) is 0 Å². The van der Waals surface area contributed by atoms with E-state index >= 15 is 0 Å². The summed E-state index contributed by atoms with van der Waals surface area (Å²) in [6.07, 6.45) is 2.48. The van der Waals surface area contributed by atoms with E-state index in [-0.39, 0.29) is 5.56 Å². The van der Waals surface area contributed by atoms with E-state index in [4.69, 9.17) is 0 Å². The third-order valence-corrected chi connectivity index (χ3v) is 2.63. The summed E-state index contributed by atoms with van der Waals surface area (Å²) in [4.78, 5) is 23.1. The fraction of sp³-hybridized carbons (Fsp3) is 0.417. The number of pyridine rings is 1. The molecule has 0 radical (unpaired) electrons. The van der Waals surface area contributed by atoms with Crippen LogP contribution in [0.5, 0.6) is 0 Å². The molecule has 0 atom stereocenters. The minimum absolute atomic E-state index is 0.0646. The second-order valence-corrected chi connectivity index (χ2v) is 4.16. The number of rotatable bonds is 2. The van der Waals surface area contributed by atoms with Gasteiger partial charge < -0.3 is 4.98 Å². The van der Waals surface area contributed by atoms with Crippen LogP contribution in [-0.4, -0.2) is 15.0 Å². The monoisotopic (exact) mass is 217 g/mol. The van der Waals surface area contributed by atoms with E-state index in [2.05, 4.69) is 15.0 Å². The van der Waals surface area contributed by atoms with Crippen LogP contribution in [0.25, 0.3) is 11.2 Å². The Morgan fingerprint density at radius 3 is 2.81 bits per heavy atom. The number of aryl methyl sites for hydroxylation is 1. The third kappa shape index (κ3) is 1.83. The van der Waals surface area contributed by atoms with Gasteiger partial charge >= 0.3 is 0 Å². The zero-order chi connectivity index (χ0) is 11.7. The number of nitrogens with zero attached hydrogens (tertiary/aromatic N) is 2. The van der Waals surface area contributed by atoms with Crippen LogP contribution in [0.15, 0.2) is 17.1 Å². The Hall–Kier alpha value is -1.71. The van der Waals surface area contributed by atoms with Crippen molar-refractivity contribution in [2.45, 2.75) is 33.1 Å². The van der Waals surface area contributed by atoms with Gasteiger partial charge in [0, 0.05) is 11.8 Å². The van der Waals surface area contributed by atoms with E-state index < -0.39 is 0 Å². The fourth-order valence-electron chi connectivity index (χ4n) is 1.57. The maximum atomic E-state index is 11.6. The molecule has 0 bridgehead atoms. The highest BCUT2D eigenvalue weighted by Gasteiger charge is 2.06. The van der Waals surface area contributed by atoms with Gasteiger partial charge in [-0.15, -0.1) is 0 Å². The van der Waals surface area contributed by atoms with Crippen molar-refractivity contribution in [2.24, 2.45) is 0 Å². The van der Waals surface area contributed by atoms with E-state index in [1.165, 1.54) is 0 Å². The average Bonchev–Trinajstić information content (AvgIpc) is 2.27. The number of aromatic nitrogens is 3. The Kier molecular flexibility index (Phi) is 2.73. The molecule has 1 N–H and O–H groups in total. The molecular formula is C12H15N3O. The molecule has 4 heteroatoms. The Labute approximate surface area is 93.8 Å². The first-order chi connectivity index (χ1) is 7.61. The molecule has 0 spiro atoms. The zero-order valence-corrected chi connectivity index (χ0v) is 9.74. The maximum absolute atomic E-state index is 11.6. The predicted molar refractivity (Wildman–Crippen MR) is 63.6 cm³/mol. The summed E-state index contributed by atoms with van der Waals surface area (Å²) in [6, 6.07) is 1.81. The molecule has 0 unspecified atom stereocenters. The van der Waals surface area contributed by atoms with Crippen molar-refractivity contribution in [2.75, 3.05) is 0 Å². The predicted octanol–water partition coefficient (Wildman–Crippen LogP) is 2.00. The summed E-state index contributed by atoms with van der Waals surface area (Å²) in [6.45, 7) is 6.05. The average molecular weight is 217 g/mol. The lowest BCUT2D eigenvalue weighted by molar-refractivity contribution is 0.818. The van der Waals surface area contributed by atoms with Gasteiger partial charge in [-0.1, -0.05) is 20.8 Å². The van der Waals surface area contributed by atoms with Crippen LogP contribution >= 0.6 is 0 Å². The van der Waals surface area contributed by atoms with Crippen LogP contribution in [0, 0.1) is 0 Å².